The Balaban J connectivity index is 1.64. The summed E-state index contributed by atoms with van der Waals surface area (Å²) < 4.78 is 7.88. The van der Waals surface area contributed by atoms with Gasteiger partial charge in [0.1, 0.15) is 11.3 Å². The molecule has 0 radical (unpaired) electrons. The van der Waals surface area contributed by atoms with Crippen molar-refractivity contribution in [3.8, 4) is 11.5 Å². The summed E-state index contributed by atoms with van der Waals surface area (Å²) in [5.41, 5.74) is 2.64. The predicted octanol–water partition coefficient (Wildman–Crippen LogP) is 6.21. The van der Waals surface area contributed by atoms with Crippen molar-refractivity contribution in [2.45, 2.75) is 20.4 Å². The molecule has 0 spiro atoms. The predicted molar refractivity (Wildman–Crippen MR) is 132 cm³/mol. The third kappa shape index (κ3) is 5.16. The summed E-state index contributed by atoms with van der Waals surface area (Å²) >= 11 is 5.99. The molecule has 0 saturated heterocycles. The zero-order chi connectivity index (χ0) is 23.4. The number of para-hydroxylation sites is 3. The number of hydrogen-bond donors (Lipinski definition) is 1. The second-order valence-corrected chi connectivity index (χ2v) is 8.12. The lowest BCUT2D eigenvalue weighted by Gasteiger charge is -2.18. The summed E-state index contributed by atoms with van der Waals surface area (Å²) in [6, 6.07) is 25.4. The Morgan fingerprint density at radius 3 is 2.33 bits per heavy atom. The first-order valence-corrected chi connectivity index (χ1v) is 10.9. The summed E-state index contributed by atoms with van der Waals surface area (Å²) in [4.78, 5) is 26.0. The van der Waals surface area contributed by atoms with E-state index in [4.69, 9.17) is 16.3 Å². The molecule has 3 aromatic carbocycles. The first-order valence-electron chi connectivity index (χ1n) is 10.5. The summed E-state index contributed by atoms with van der Waals surface area (Å²) in [6.07, 6.45) is 0. The van der Waals surface area contributed by atoms with Crippen LogP contribution >= 0.6 is 11.6 Å². The summed E-state index contributed by atoms with van der Waals surface area (Å²) in [5, 5.41) is 3.51. The lowest BCUT2D eigenvalue weighted by molar-refractivity contribution is 0.102. The molecular weight excluding hydrogens is 436 g/mol. The van der Waals surface area contributed by atoms with Gasteiger partial charge in [0, 0.05) is 29.0 Å². The largest absolute Gasteiger partial charge is 0.455 e. The fraction of sp³-hybridized carbons (Fsp3) is 0.111. The van der Waals surface area contributed by atoms with Crippen LogP contribution in [0.2, 0.25) is 5.02 Å². The summed E-state index contributed by atoms with van der Waals surface area (Å²) in [6.45, 7) is 4.16. The van der Waals surface area contributed by atoms with Gasteiger partial charge in [0.25, 0.3) is 5.91 Å². The Bertz CT molecular complexity index is 1350. The minimum absolute atomic E-state index is 0.101. The number of amides is 1. The van der Waals surface area contributed by atoms with E-state index >= 15 is 0 Å². The van der Waals surface area contributed by atoms with E-state index in [-0.39, 0.29) is 11.0 Å². The molecule has 0 aliphatic rings. The number of ether oxygens (including phenoxy) is 1. The molecule has 33 heavy (non-hydrogen) atoms. The average Bonchev–Trinajstić information content (AvgIpc) is 2.80. The second-order valence-electron chi connectivity index (χ2n) is 7.69. The van der Waals surface area contributed by atoms with Gasteiger partial charge in [0.2, 0.25) is 0 Å². The van der Waals surface area contributed by atoms with E-state index in [0.29, 0.717) is 34.4 Å². The standard InChI is InChI=1S/C27H23ClN2O3/c1-18-16-24(31)26(19(2)30(18)17-20-12-14-21(28)15-13-20)27(32)29-23-10-6-7-11-25(23)33-22-8-4-3-5-9-22/h3-16H,17H2,1-2H3,(H,29,32). The highest BCUT2D eigenvalue weighted by Crippen LogP contribution is 2.29. The van der Waals surface area contributed by atoms with Crippen molar-refractivity contribution in [2.75, 3.05) is 5.32 Å². The Hall–Kier alpha value is -3.83. The molecule has 166 valence electrons. The van der Waals surface area contributed by atoms with Gasteiger partial charge in [-0.25, -0.2) is 0 Å². The number of rotatable bonds is 6. The van der Waals surface area contributed by atoms with E-state index in [0.717, 1.165) is 11.3 Å². The SMILES string of the molecule is Cc1cc(=O)c(C(=O)Nc2ccccc2Oc2ccccc2)c(C)n1Cc1ccc(Cl)cc1. The monoisotopic (exact) mass is 458 g/mol. The molecule has 1 N–H and O–H groups in total. The van der Waals surface area contributed by atoms with Crippen molar-refractivity contribution in [1.29, 1.82) is 0 Å². The van der Waals surface area contributed by atoms with Crippen molar-refractivity contribution in [3.05, 3.63) is 123 Å². The topological polar surface area (TPSA) is 60.3 Å². The normalized spacial score (nSPS) is 10.6. The van der Waals surface area contributed by atoms with Crippen LogP contribution in [0, 0.1) is 13.8 Å². The van der Waals surface area contributed by atoms with Crippen LogP contribution in [0.3, 0.4) is 0 Å². The first-order chi connectivity index (χ1) is 15.9. The van der Waals surface area contributed by atoms with Crippen molar-refractivity contribution in [3.63, 3.8) is 0 Å². The van der Waals surface area contributed by atoms with E-state index in [2.05, 4.69) is 5.32 Å². The highest BCUT2D eigenvalue weighted by molar-refractivity contribution is 6.30. The van der Waals surface area contributed by atoms with E-state index < -0.39 is 5.91 Å². The first kappa shape index (κ1) is 22.4. The number of carbonyl (C=O) groups is 1. The van der Waals surface area contributed by atoms with E-state index in [1.54, 1.807) is 25.1 Å². The Labute approximate surface area is 197 Å². The Morgan fingerprint density at radius 1 is 0.939 bits per heavy atom. The third-order valence-electron chi connectivity index (χ3n) is 5.37. The number of pyridine rings is 1. The molecule has 1 amide bonds. The number of nitrogens with one attached hydrogen (secondary N) is 1. The minimum Gasteiger partial charge on any atom is -0.455 e. The fourth-order valence-corrected chi connectivity index (χ4v) is 3.79. The summed E-state index contributed by atoms with van der Waals surface area (Å²) in [5.74, 6) is 0.658. The number of nitrogens with zero attached hydrogens (tertiary/aromatic N) is 1. The molecular formula is C27H23ClN2O3. The van der Waals surface area contributed by atoms with E-state index in [1.165, 1.54) is 6.07 Å². The lowest BCUT2D eigenvalue weighted by atomic mass is 10.1. The molecule has 0 unspecified atom stereocenters. The molecule has 0 bridgehead atoms. The number of aromatic nitrogens is 1. The second kappa shape index (κ2) is 9.76. The van der Waals surface area contributed by atoms with Crippen LogP contribution in [0.5, 0.6) is 11.5 Å². The molecule has 4 rings (SSSR count). The molecule has 1 aromatic heterocycles. The Kier molecular flexibility index (Phi) is 6.61. The zero-order valence-corrected chi connectivity index (χ0v) is 19.1. The summed E-state index contributed by atoms with van der Waals surface area (Å²) in [7, 11) is 0. The maximum Gasteiger partial charge on any atom is 0.261 e. The smallest absolute Gasteiger partial charge is 0.261 e. The number of hydrogen-bond acceptors (Lipinski definition) is 3. The fourth-order valence-electron chi connectivity index (χ4n) is 3.67. The van der Waals surface area contributed by atoms with Gasteiger partial charge < -0.3 is 14.6 Å². The molecule has 0 aliphatic carbocycles. The molecule has 0 aliphatic heterocycles. The number of aryl methyl sites for hydroxylation is 1. The minimum atomic E-state index is -0.480. The van der Waals surface area contributed by atoms with Crippen LogP contribution in [0.1, 0.15) is 27.3 Å². The maximum absolute atomic E-state index is 13.2. The van der Waals surface area contributed by atoms with Crippen LogP contribution in [0.4, 0.5) is 5.69 Å². The highest BCUT2D eigenvalue weighted by Gasteiger charge is 2.19. The van der Waals surface area contributed by atoms with Crippen molar-refractivity contribution in [2.24, 2.45) is 0 Å². The molecule has 0 fully saturated rings. The number of anilines is 1. The van der Waals surface area contributed by atoms with Crippen LogP contribution < -0.4 is 15.5 Å². The molecule has 0 saturated carbocycles. The van der Waals surface area contributed by atoms with Gasteiger partial charge >= 0.3 is 0 Å². The molecule has 0 atom stereocenters. The number of benzene rings is 3. The zero-order valence-electron chi connectivity index (χ0n) is 18.3. The average molecular weight is 459 g/mol. The van der Waals surface area contributed by atoms with Gasteiger partial charge in [-0.3, -0.25) is 9.59 Å². The Morgan fingerprint density at radius 2 is 1.61 bits per heavy atom. The molecule has 6 heteroatoms. The number of carbonyl (C=O) groups excluding carboxylic acids is 1. The van der Waals surface area contributed by atoms with Gasteiger partial charge in [-0.15, -0.1) is 0 Å². The van der Waals surface area contributed by atoms with Crippen molar-refractivity contribution in [1.82, 2.24) is 4.57 Å². The molecule has 5 nitrogen and oxygen atoms in total. The molecule has 1 heterocycles. The van der Waals surface area contributed by atoms with Gasteiger partial charge in [-0.2, -0.15) is 0 Å². The van der Waals surface area contributed by atoms with Crippen LogP contribution in [0.15, 0.2) is 89.7 Å². The van der Waals surface area contributed by atoms with E-state index in [1.807, 2.05) is 72.2 Å². The van der Waals surface area contributed by atoms with Crippen molar-refractivity contribution >= 4 is 23.2 Å². The highest BCUT2D eigenvalue weighted by atomic mass is 35.5. The maximum atomic E-state index is 13.2. The third-order valence-corrected chi connectivity index (χ3v) is 5.62. The van der Waals surface area contributed by atoms with Crippen LogP contribution in [-0.2, 0) is 6.54 Å². The van der Waals surface area contributed by atoms with Gasteiger partial charge in [0.05, 0.1) is 5.69 Å². The number of halogens is 1. The molecule has 4 aromatic rings. The van der Waals surface area contributed by atoms with Gasteiger partial charge in [-0.05, 0) is 55.8 Å². The lowest BCUT2D eigenvalue weighted by Crippen LogP contribution is -2.27. The van der Waals surface area contributed by atoms with E-state index in [9.17, 15) is 9.59 Å². The quantitative estimate of drug-likeness (QED) is 0.373. The van der Waals surface area contributed by atoms with Gasteiger partial charge in [-0.1, -0.05) is 54.1 Å². The van der Waals surface area contributed by atoms with Crippen molar-refractivity contribution < 1.29 is 9.53 Å². The van der Waals surface area contributed by atoms with Gasteiger partial charge in [0.15, 0.2) is 11.2 Å². The van der Waals surface area contributed by atoms with Crippen LogP contribution in [-0.4, -0.2) is 10.5 Å². The van der Waals surface area contributed by atoms with Crippen LogP contribution in [0.25, 0.3) is 0 Å².